The number of aliphatic carboxylic acids is 1. The van der Waals surface area contributed by atoms with E-state index in [0.29, 0.717) is 12.8 Å². The number of hydrogen-bond donors (Lipinski definition) is 2. The minimum Gasteiger partial charge on any atom is -0.481 e. The quantitative estimate of drug-likeness (QED) is 0.679. The Kier molecular flexibility index (Phi) is 2.63. The molecule has 0 saturated carbocycles. The third-order valence-corrected chi connectivity index (χ3v) is 3.19. The highest BCUT2D eigenvalue weighted by atomic mass is 16.5. The largest absolute Gasteiger partial charge is 0.481 e. The first-order valence-corrected chi connectivity index (χ1v) is 4.56. The van der Waals surface area contributed by atoms with E-state index in [0.717, 1.165) is 0 Å². The Morgan fingerprint density at radius 2 is 1.92 bits per heavy atom. The van der Waals surface area contributed by atoms with Crippen molar-refractivity contribution in [2.75, 3.05) is 13.2 Å². The van der Waals surface area contributed by atoms with E-state index in [1.807, 2.05) is 0 Å². The van der Waals surface area contributed by atoms with Gasteiger partial charge in [0.05, 0.1) is 13.2 Å². The molecule has 0 spiro atoms. The molecule has 1 aliphatic rings. The zero-order chi connectivity index (χ0) is 10.1. The van der Waals surface area contributed by atoms with Crippen LogP contribution in [0.15, 0.2) is 0 Å². The van der Waals surface area contributed by atoms with Crippen LogP contribution >= 0.6 is 0 Å². The van der Waals surface area contributed by atoms with E-state index in [9.17, 15) is 9.90 Å². The molecule has 1 saturated heterocycles. The molecule has 0 atom stereocenters. The van der Waals surface area contributed by atoms with Gasteiger partial charge >= 0.3 is 5.97 Å². The number of rotatable bonds is 4. The Morgan fingerprint density at radius 3 is 2.00 bits per heavy atom. The molecule has 4 nitrogen and oxygen atoms in total. The molecule has 2 N–H and O–H groups in total. The van der Waals surface area contributed by atoms with Gasteiger partial charge in [-0.25, -0.2) is 0 Å². The van der Waals surface area contributed by atoms with Crippen molar-refractivity contribution >= 4 is 5.97 Å². The van der Waals surface area contributed by atoms with Crippen molar-refractivity contribution in [1.29, 1.82) is 0 Å². The summed E-state index contributed by atoms with van der Waals surface area (Å²) in [5, 5.41) is 19.1. The molecule has 1 fully saturated rings. The maximum atomic E-state index is 11.1. The minimum atomic E-state index is -1.16. The van der Waals surface area contributed by atoms with Gasteiger partial charge in [-0.15, -0.1) is 0 Å². The first-order valence-electron chi connectivity index (χ1n) is 4.56. The lowest BCUT2D eigenvalue weighted by molar-refractivity contribution is -0.246. The maximum absolute atomic E-state index is 11.1. The molecule has 0 radical (unpaired) electrons. The Labute approximate surface area is 77.5 Å². The number of carboxylic acid groups (broad SMARTS) is 1. The maximum Gasteiger partial charge on any atom is 0.312 e. The van der Waals surface area contributed by atoms with Crippen molar-refractivity contribution in [3.8, 4) is 0 Å². The Balaban J connectivity index is 2.94. The summed E-state index contributed by atoms with van der Waals surface area (Å²) in [5.41, 5.74) is -2.20. The second-order valence-corrected chi connectivity index (χ2v) is 3.62. The Morgan fingerprint density at radius 1 is 1.46 bits per heavy atom. The molecule has 0 aromatic heterocycles. The zero-order valence-electron chi connectivity index (χ0n) is 8.04. The van der Waals surface area contributed by atoms with Crippen LogP contribution in [0.3, 0.4) is 0 Å². The second kappa shape index (κ2) is 3.27. The average molecular weight is 188 g/mol. The van der Waals surface area contributed by atoms with Crippen molar-refractivity contribution in [3.05, 3.63) is 0 Å². The molecule has 13 heavy (non-hydrogen) atoms. The van der Waals surface area contributed by atoms with Crippen LogP contribution in [0.5, 0.6) is 0 Å². The summed E-state index contributed by atoms with van der Waals surface area (Å²) in [6.07, 6.45) is 0.859. The molecule has 0 bridgehead atoms. The number of ether oxygens (including phenoxy) is 1. The van der Waals surface area contributed by atoms with Crippen LogP contribution in [0.25, 0.3) is 0 Å². The van der Waals surface area contributed by atoms with Gasteiger partial charge in [0.2, 0.25) is 0 Å². The van der Waals surface area contributed by atoms with Gasteiger partial charge in [0.25, 0.3) is 0 Å². The van der Waals surface area contributed by atoms with Gasteiger partial charge in [-0.05, 0) is 12.8 Å². The minimum absolute atomic E-state index is 0.140. The topological polar surface area (TPSA) is 66.8 Å². The van der Waals surface area contributed by atoms with E-state index in [2.05, 4.69) is 0 Å². The Bertz CT molecular complexity index is 204. The number of carboxylic acids is 1. The van der Waals surface area contributed by atoms with E-state index in [1.54, 1.807) is 13.8 Å². The fourth-order valence-electron chi connectivity index (χ4n) is 1.98. The third kappa shape index (κ3) is 1.25. The first-order chi connectivity index (χ1) is 6.02. The van der Waals surface area contributed by atoms with Crippen LogP contribution in [0.2, 0.25) is 0 Å². The molecule has 0 aromatic rings. The van der Waals surface area contributed by atoms with Gasteiger partial charge in [-0.3, -0.25) is 4.79 Å². The average Bonchev–Trinajstić information content (AvgIpc) is 2.04. The molecule has 76 valence electrons. The van der Waals surface area contributed by atoms with Gasteiger partial charge in [-0.1, -0.05) is 13.8 Å². The SMILES string of the molecule is CCC(CC)(C(=O)O)C1(O)COC1. The molecule has 4 heteroatoms. The molecule has 1 aliphatic heterocycles. The highest BCUT2D eigenvalue weighted by Gasteiger charge is 2.58. The molecule has 1 rings (SSSR count). The molecule has 0 unspecified atom stereocenters. The summed E-state index contributed by atoms with van der Waals surface area (Å²) in [7, 11) is 0. The van der Waals surface area contributed by atoms with Crippen LogP contribution in [-0.2, 0) is 9.53 Å². The van der Waals surface area contributed by atoms with Crippen LogP contribution in [0.1, 0.15) is 26.7 Å². The van der Waals surface area contributed by atoms with Crippen molar-refractivity contribution in [2.45, 2.75) is 32.3 Å². The monoisotopic (exact) mass is 188 g/mol. The zero-order valence-corrected chi connectivity index (χ0v) is 8.04. The molecule has 0 aromatic carbocycles. The number of aliphatic hydroxyl groups is 1. The standard InChI is InChI=1S/C9H16O4/c1-3-8(4-2,7(10)11)9(12)5-13-6-9/h12H,3-6H2,1-2H3,(H,10,11). The summed E-state index contributed by atoms with van der Waals surface area (Å²) in [6, 6.07) is 0. The lowest BCUT2D eigenvalue weighted by Crippen LogP contribution is -2.64. The third-order valence-electron chi connectivity index (χ3n) is 3.19. The van der Waals surface area contributed by atoms with Crippen LogP contribution in [-0.4, -0.2) is 35.0 Å². The fraction of sp³-hybridized carbons (Fsp3) is 0.889. The van der Waals surface area contributed by atoms with E-state index < -0.39 is 17.0 Å². The molecule has 1 heterocycles. The second-order valence-electron chi connectivity index (χ2n) is 3.62. The predicted octanol–water partition coefficient (Wildman–Crippen LogP) is 0.639. The van der Waals surface area contributed by atoms with Crippen LogP contribution in [0.4, 0.5) is 0 Å². The van der Waals surface area contributed by atoms with Crippen LogP contribution in [0, 0.1) is 5.41 Å². The predicted molar refractivity (Wildman–Crippen MR) is 46.4 cm³/mol. The highest BCUT2D eigenvalue weighted by molar-refractivity contribution is 5.76. The van der Waals surface area contributed by atoms with Crippen LogP contribution < -0.4 is 0 Å². The van der Waals surface area contributed by atoms with Gasteiger partial charge in [0.15, 0.2) is 0 Å². The fourth-order valence-corrected chi connectivity index (χ4v) is 1.98. The number of carbonyl (C=O) groups is 1. The van der Waals surface area contributed by atoms with Crippen molar-refractivity contribution < 1.29 is 19.7 Å². The van der Waals surface area contributed by atoms with Crippen molar-refractivity contribution in [2.24, 2.45) is 5.41 Å². The lowest BCUT2D eigenvalue weighted by Gasteiger charge is -2.48. The molecular weight excluding hydrogens is 172 g/mol. The first kappa shape index (κ1) is 10.5. The van der Waals surface area contributed by atoms with E-state index >= 15 is 0 Å². The molecular formula is C9H16O4. The van der Waals surface area contributed by atoms with Crippen molar-refractivity contribution in [1.82, 2.24) is 0 Å². The molecule has 0 amide bonds. The van der Waals surface area contributed by atoms with Crippen molar-refractivity contribution in [3.63, 3.8) is 0 Å². The van der Waals surface area contributed by atoms with E-state index in [4.69, 9.17) is 9.84 Å². The van der Waals surface area contributed by atoms with Gasteiger partial charge < -0.3 is 14.9 Å². The van der Waals surface area contributed by atoms with E-state index in [1.165, 1.54) is 0 Å². The smallest absolute Gasteiger partial charge is 0.312 e. The van der Waals surface area contributed by atoms with Gasteiger partial charge in [0.1, 0.15) is 11.0 Å². The highest BCUT2D eigenvalue weighted by Crippen LogP contribution is 2.43. The molecule has 0 aliphatic carbocycles. The summed E-state index contributed by atoms with van der Waals surface area (Å²) in [4.78, 5) is 11.1. The van der Waals surface area contributed by atoms with E-state index in [-0.39, 0.29) is 13.2 Å². The summed E-state index contributed by atoms with van der Waals surface area (Å²) in [6.45, 7) is 3.85. The Hall–Kier alpha value is -0.610. The lowest BCUT2D eigenvalue weighted by atomic mass is 9.67. The number of hydrogen-bond acceptors (Lipinski definition) is 3. The normalized spacial score (nSPS) is 20.8. The van der Waals surface area contributed by atoms with Gasteiger partial charge in [-0.2, -0.15) is 0 Å². The summed E-state index contributed by atoms with van der Waals surface area (Å²) < 4.78 is 4.88. The summed E-state index contributed by atoms with van der Waals surface area (Å²) >= 11 is 0. The summed E-state index contributed by atoms with van der Waals surface area (Å²) in [5.74, 6) is -0.928. The van der Waals surface area contributed by atoms with Gasteiger partial charge in [0, 0.05) is 0 Å².